The van der Waals surface area contributed by atoms with Crippen molar-refractivity contribution in [2.75, 3.05) is 13.2 Å². The van der Waals surface area contributed by atoms with E-state index in [1.807, 2.05) is 54.6 Å². The van der Waals surface area contributed by atoms with Crippen LogP contribution >= 0.6 is 12.2 Å². The molecule has 0 unspecified atom stereocenters. The lowest BCUT2D eigenvalue weighted by molar-refractivity contribution is -0.138. The van der Waals surface area contributed by atoms with Gasteiger partial charge in [-0.15, -0.1) is 0 Å². The van der Waals surface area contributed by atoms with Crippen LogP contribution in [0.15, 0.2) is 60.2 Å². The Balaban J connectivity index is 2.01. The Kier molecular flexibility index (Phi) is 6.88. The fourth-order valence-corrected chi connectivity index (χ4v) is 3.32. The first-order valence-electron chi connectivity index (χ1n) is 9.76. The maximum atomic E-state index is 12.9. The molecule has 0 aromatic heterocycles. The molecule has 0 saturated heterocycles. The molecule has 29 heavy (non-hydrogen) atoms. The number of carbonyl (C=O) groups excluding carboxylic acids is 1. The number of benzene rings is 2. The van der Waals surface area contributed by atoms with Crippen molar-refractivity contribution in [2.45, 2.75) is 26.8 Å². The van der Waals surface area contributed by atoms with Crippen LogP contribution < -0.4 is 15.4 Å². The van der Waals surface area contributed by atoms with Crippen LogP contribution in [-0.2, 0) is 9.53 Å². The number of ether oxygens (including phenoxy) is 2. The largest absolute Gasteiger partial charge is 0.493 e. The van der Waals surface area contributed by atoms with Crippen molar-refractivity contribution >= 4 is 29.0 Å². The summed E-state index contributed by atoms with van der Waals surface area (Å²) >= 11 is 5.43. The lowest BCUT2D eigenvalue weighted by Crippen LogP contribution is -2.45. The second-order valence-corrected chi connectivity index (χ2v) is 7.59. The van der Waals surface area contributed by atoms with Crippen LogP contribution in [0.4, 0.5) is 0 Å². The molecule has 0 spiro atoms. The molecule has 0 bridgehead atoms. The molecule has 1 atom stereocenters. The van der Waals surface area contributed by atoms with Crippen molar-refractivity contribution in [1.29, 1.82) is 0 Å². The van der Waals surface area contributed by atoms with Crippen LogP contribution in [-0.4, -0.2) is 24.3 Å². The number of esters is 1. The van der Waals surface area contributed by atoms with Crippen molar-refractivity contribution in [3.63, 3.8) is 0 Å². The fraction of sp³-hybridized carbons (Fsp3) is 0.304. The Bertz CT molecular complexity index is 892. The van der Waals surface area contributed by atoms with E-state index in [1.165, 1.54) is 0 Å². The number of thiocarbonyl (C=S) groups is 1. The van der Waals surface area contributed by atoms with Crippen molar-refractivity contribution in [2.24, 2.45) is 5.92 Å². The van der Waals surface area contributed by atoms with Crippen LogP contribution in [0.2, 0.25) is 0 Å². The van der Waals surface area contributed by atoms with E-state index < -0.39 is 6.04 Å². The first kappa shape index (κ1) is 20.9. The van der Waals surface area contributed by atoms with E-state index in [9.17, 15) is 4.79 Å². The third kappa shape index (κ3) is 5.15. The summed E-state index contributed by atoms with van der Waals surface area (Å²) in [6.07, 6.45) is 0. The molecule has 2 N–H and O–H groups in total. The van der Waals surface area contributed by atoms with Crippen LogP contribution in [0.25, 0.3) is 5.70 Å². The quantitative estimate of drug-likeness (QED) is 0.527. The minimum Gasteiger partial charge on any atom is -0.493 e. The van der Waals surface area contributed by atoms with Gasteiger partial charge in [-0.05, 0) is 48.3 Å². The summed E-state index contributed by atoms with van der Waals surface area (Å²) in [4.78, 5) is 12.9. The Morgan fingerprint density at radius 2 is 1.79 bits per heavy atom. The monoisotopic (exact) mass is 410 g/mol. The summed E-state index contributed by atoms with van der Waals surface area (Å²) in [5.74, 6) is 0.868. The predicted octanol–water partition coefficient (Wildman–Crippen LogP) is 4.21. The molecule has 3 rings (SSSR count). The molecule has 2 aromatic rings. The van der Waals surface area contributed by atoms with Gasteiger partial charge in [0, 0.05) is 0 Å². The van der Waals surface area contributed by atoms with Crippen molar-refractivity contribution in [3.05, 3.63) is 71.3 Å². The summed E-state index contributed by atoms with van der Waals surface area (Å²) in [6, 6.07) is 17.0. The molecule has 1 heterocycles. The highest BCUT2D eigenvalue weighted by atomic mass is 32.1. The second kappa shape index (κ2) is 9.56. The first-order valence-corrected chi connectivity index (χ1v) is 10.2. The summed E-state index contributed by atoms with van der Waals surface area (Å²) in [5.41, 5.74) is 2.95. The molecule has 0 radical (unpaired) electrons. The maximum absolute atomic E-state index is 12.9. The molecule has 0 saturated carbocycles. The molecule has 1 aliphatic heterocycles. The van der Waals surface area contributed by atoms with E-state index in [0.717, 1.165) is 16.9 Å². The van der Waals surface area contributed by atoms with Crippen LogP contribution in [0.3, 0.4) is 0 Å². The molecule has 0 aliphatic carbocycles. The molecule has 5 nitrogen and oxygen atoms in total. The Hall–Kier alpha value is -2.86. The van der Waals surface area contributed by atoms with Gasteiger partial charge in [-0.1, -0.05) is 56.3 Å². The van der Waals surface area contributed by atoms with Gasteiger partial charge in [0.2, 0.25) is 0 Å². The highest BCUT2D eigenvalue weighted by Gasteiger charge is 2.33. The standard InChI is InChI=1S/C23H26N2O3S/c1-4-27-22(26)19-20(16-8-6-5-7-9-16)24-23(29)25-21(19)17-10-12-18(13-11-17)28-14-15(2)3/h5-13,15,21H,4,14H2,1-3H3,(H2,24,25,29)/t21-/m0/s1. The lowest BCUT2D eigenvalue weighted by Gasteiger charge is -2.31. The van der Waals surface area contributed by atoms with E-state index in [1.54, 1.807) is 6.92 Å². The summed E-state index contributed by atoms with van der Waals surface area (Å²) in [7, 11) is 0. The van der Waals surface area contributed by atoms with Gasteiger partial charge >= 0.3 is 5.97 Å². The Morgan fingerprint density at radius 3 is 2.41 bits per heavy atom. The van der Waals surface area contributed by atoms with Gasteiger partial charge in [0.1, 0.15) is 5.75 Å². The third-order valence-electron chi connectivity index (χ3n) is 4.43. The molecule has 6 heteroatoms. The number of rotatable bonds is 7. The average Bonchev–Trinajstić information content (AvgIpc) is 2.72. The van der Waals surface area contributed by atoms with Crippen LogP contribution in [0, 0.1) is 5.92 Å². The number of nitrogens with one attached hydrogen (secondary N) is 2. The van der Waals surface area contributed by atoms with Gasteiger partial charge in [0.25, 0.3) is 0 Å². The molecule has 152 valence electrons. The normalized spacial score (nSPS) is 16.3. The lowest BCUT2D eigenvalue weighted by atomic mass is 9.93. The van der Waals surface area contributed by atoms with Gasteiger partial charge < -0.3 is 20.1 Å². The molecule has 2 aromatic carbocycles. The predicted molar refractivity (Wildman–Crippen MR) is 118 cm³/mol. The zero-order valence-corrected chi connectivity index (χ0v) is 17.7. The van der Waals surface area contributed by atoms with E-state index in [4.69, 9.17) is 21.7 Å². The van der Waals surface area contributed by atoms with Gasteiger partial charge in [-0.25, -0.2) is 4.79 Å². The summed E-state index contributed by atoms with van der Waals surface area (Å²) in [6.45, 7) is 6.96. The molecule has 1 aliphatic rings. The average molecular weight is 411 g/mol. The van der Waals surface area contributed by atoms with Crippen LogP contribution in [0.5, 0.6) is 5.75 Å². The fourth-order valence-electron chi connectivity index (χ4n) is 3.10. The Labute approximate surface area is 177 Å². The highest BCUT2D eigenvalue weighted by molar-refractivity contribution is 7.80. The van der Waals surface area contributed by atoms with Crippen LogP contribution in [0.1, 0.15) is 37.9 Å². The topological polar surface area (TPSA) is 59.6 Å². The van der Waals surface area contributed by atoms with Gasteiger partial charge in [0.15, 0.2) is 5.11 Å². The van der Waals surface area contributed by atoms with E-state index >= 15 is 0 Å². The highest BCUT2D eigenvalue weighted by Crippen LogP contribution is 2.32. The van der Waals surface area contributed by atoms with E-state index in [2.05, 4.69) is 24.5 Å². The number of hydrogen-bond donors (Lipinski definition) is 2. The van der Waals surface area contributed by atoms with E-state index in [-0.39, 0.29) is 5.97 Å². The first-order chi connectivity index (χ1) is 14.0. The summed E-state index contributed by atoms with van der Waals surface area (Å²) < 4.78 is 11.1. The van der Waals surface area contributed by atoms with Crippen molar-refractivity contribution in [1.82, 2.24) is 10.6 Å². The van der Waals surface area contributed by atoms with E-state index in [0.29, 0.717) is 35.5 Å². The molecular weight excluding hydrogens is 384 g/mol. The minimum atomic E-state index is -0.419. The third-order valence-corrected chi connectivity index (χ3v) is 4.65. The molecular formula is C23H26N2O3S. The molecule has 0 fully saturated rings. The minimum absolute atomic E-state index is 0.295. The van der Waals surface area contributed by atoms with Crippen molar-refractivity contribution in [3.8, 4) is 5.75 Å². The SMILES string of the molecule is CCOC(=O)C1=C(c2ccccc2)NC(=S)N[C@H]1c1ccc(OCC(C)C)cc1. The number of carbonyl (C=O) groups is 1. The van der Waals surface area contributed by atoms with Gasteiger partial charge in [-0.3, -0.25) is 0 Å². The maximum Gasteiger partial charge on any atom is 0.338 e. The smallest absolute Gasteiger partial charge is 0.338 e. The number of hydrogen-bond acceptors (Lipinski definition) is 4. The summed E-state index contributed by atoms with van der Waals surface area (Å²) in [5, 5.41) is 6.81. The van der Waals surface area contributed by atoms with Crippen molar-refractivity contribution < 1.29 is 14.3 Å². The van der Waals surface area contributed by atoms with Gasteiger partial charge in [0.05, 0.1) is 30.5 Å². The zero-order valence-electron chi connectivity index (χ0n) is 16.9. The molecule has 0 amide bonds. The second-order valence-electron chi connectivity index (χ2n) is 7.18. The zero-order chi connectivity index (χ0) is 20.8. The Morgan fingerprint density at radius 1 is 1.10 bits per heavy atom. The van der Waals surface area contributed by atoms with Gasteiger partial charge in [-0.2, -0.15) is 0 Å².